The number of carbonyl (C=O) groups is 1. The van der Waals surface area contributed by atoms with Gasteiger partial charge in [-0.1, -0.05) is 6.07 Å². The fraction of sp³-hybridized carbons (Fsp3) is 0.583. The molecule has 0 aliphatic carbocycles. The molecular weight excluding hydrogens is 248 g/mol. The van der Waals surface area contributed by atoms with Gasteiger partial charge < -0.3 is 0 Å². The minimum absolute atomic E-state index is 0.301. The largest absolute Gasteiger partial charge is 0.287 e. The maximum Gasteiger partial charge on any atom is 0.226 e. The molecule has 96 valence electrons. The predicted octanol–water partition coefficient (Wildman–Crippen LogP) is 0.439. The Morgan fingerprint density at radius 2 is 1.78 bits per heavy atom. The van der Waals surface area contributed by atoms with Gasteiger partial charge in [-0.05, 0) is 11.4 Å². The Bertz CT molecular complexity index is 437. The lowest BCUT2D eigenvalue weighted by Crippen LogP contribution is -2.79. The lowest BCUT2D eigenvalue weighted by Gasteiger charge is -2.60. The molecule has 4 aliphatic heterocycles. The molecule has 4 fully saturated rings. The van der Waals surface area contributed by atoms with Gasteiger partial charge in [0.1, 0.15) is 26.6 Å². The van der Waals surface area contributed by atoms with Crippen molar-refractivity contribution in [2.24, 2.45) is 0 Å². The molecule has 0 spiro atoms. The summed E-state index contributed by atoms with van der Waals surface area (Å²) in [6.07, 6.45) is 0. The summed E-state index contributed by atoms with van der Waals surface area (Å²) in [5, 5.41) is 1.98. The van der Waals surface area contributed by atoms with Crippen LogP contribution in [-0.4, -0.2) is 71.5 Å². The summed E-state index contributed by atoms with van der Waals surface area (Å²) in [7, 11) is 0. The van der Waals surface area contributed by atoms with Crippen LogP contribution in [0.5, 0.6) is 0 Å². The Morgan fingerprint density at radius 3 is 2.28 bits per heavy atom. The van der Waals surface area contributed by atoms with Gasteiger partial charge in [0.15, 0.2) is 0 Å². The fourth-order valence-electron chi connectivity index (χ4n) is 3.63. The molecule has 5 rings (SSSR count). The Kier molecular flexibility index (Phi) is 2.37. The van der Waals surface area contributed by atoms with Gasteiger partial charge >= 0.3 is 0 Å². The maximum atomic E-state index is 12.3. The fourth-order valence-corrected chi connectivity index (χ4v) is 4.28. The van der Waals surface area contributed by atoms with Crippen molar-refractivity contribution in [3.8, 4) is 0 Å². The van der Waals surface area contributed by atoms with Crippen LogP contribution in [0, 0.1) is 0 Å². The molecule has 0 radical (unpaired) electrons. The molecule has 5 nitrogen and oxygen atoms in total. The van der Waals surface area contributed by atoms with E-state index in [-0.39, 0.29) is 0 Å². The Hall–Kier alpha value is -0.790. The third kappa shape index (κ3) is 1.72. The molecule has 18 heavy (non-hydrogen) atoms. The third-order valence-electron chi connectivity index (χ3n) is 3.98. The number of hydrogen-bond donors (Lipinski definition) is 0. The minimum atomic E-state index is 0.301. The highest BCUT2D eigenvalue weighted by Gasteiger charge is 2.49. The molecule has 0 unspecified atom stereocenters. The lowest BCUT2D eigenvalue weighted by molar-refractivity contribution is -0.973. The van der Waals surface area contributed by atoms with Crippen LogP contribution in [0.2, 0.25) is 0 Å². The van der Waals surface area contributed by atoms with Crippen molar-refractivity contribution < 1.29 is 9.28 Å². The first-order valence-corrected chi connectivity index (χ1v) is 7.19. The van der Waals surface area contributed by atoms with Crippen molar-refractivity contribution in [2.45, 2.75) is 0 Å². The van der Waals surface area contributed by atoms with Crippen LogP contribution in [0.3, 0.4) is 0 Å². The number of hydrogen-bond acceptors (Lipinski definition) is 5. The second-order valence-corrected chi connectivity index (χ2v) is 6.71. The van der Waals surface area contributed by atoms with E-state index >= 15 is 0 Å². The summed E-state index contributed by atoms with van der Waals surface area (Å²) < 4.78 is 0.900. The average Bonchev–Trinajstić information content (AvgIpc) is 2.79. The van der Waals surface area contributed by atoms with Crippen LogP contribution in [0.25, 0.3) is 0 Å². The Labute approximate surface area is 110 Å². The summed E-state index contributed by atoms with van der Waals surface area (Å²) in [5.74, 6) is 0.301. The lowest BCUT2D eigenvalue weighted by atomic mass is 10.2. The van der Waals surface area contributed by atoms with Crippen molar-refractivity contribution >= 4 is 17.1 Å². The van der Waals surface area contributed by atoms with Crippen molar-refractivity contribution in [3.05, 3.63) is 22.4 Å². The third-order valence-corrected chi connectivity index (χ3v) is 4.89. The van der Waals surface area contributed by atoms with Crippen LogP contribution in [0.4, 0.5) is 0 Å². The molecule has 0 aromatic carbocycles. The van der Waals surface area contributed by atoms with E-state index in [1.54, 1.807) is 11.3 Å². The molecular formula is C12H17N4OS+. The Balaban J connectivity index is 1.56. The van der Waals surface area contributed by atoms with E-state index < -0.39 is 0 Å². The van der Waals surface area contributed by atoms with E-state index in [4.69, 9.17) is 0 Å². The van der Waals surface area contributed by atoms with Crippen LogP contribution in [0.1, 0.15) is 9.67 Å². The summed E-state index contributed by atoms with van der Waals surface area (Å²) in [4.78, 5) is 20.6. The molecule has 1 aromatic heterocycles. The van der Waals surface area contributed by atoms with E-state index in [9.17, 15) is 4.79 Å². The quantitative estimate of drug-likeness (QED) is 0.585. The van der Waals surface area contributed by atoms with Gasteiger partial charge in [0.2, 0.25) is 5.78 Å². The van der Waals surface area contributed by atoms with E-state index in [2.05, 4.69) is 14.7 Å². The zero-order chi connectivity index (χ0) is 12.2. The van der Waals surface area contributed by atoms with E-state index in [1.807, 2.05) is 17.5 Å². The zero-order valence-corrected chi connectivity index (χ0v) is 11.1. The van der Waals surface area contributed by atoms with E-state index in [1.165, 1.54) is 0 Å². The van der Waals surface area contributed by atoms with Crippen LogP contribution in [0.15, 0.2) is 17.5 Å². The maximum absolute atomic E-state index is 12.3. The normalized spacial score (nSPS) is 41.2. The van der Waals surface area contributed by atoms with Crippen LogP contribution >= 0.6 is 11.3 Å². The molecule has 0 amide bonds. The topological polar surface area (TPSA) is 26.8 Å². The molecule has 0 N–H and O–H groups in total. The number of quaternary nitrogens is 1. The molecule has 4 saturated heterocycles. The van der Waals surface area contributed by atoms with Gasteiger partial charge in [-0.15, -0.1) is 11.3 Å². The first kappa shape index (κ1) is 11.1. The Morgan fingerprint density at radius 1 is 1.17 bits per heavy atom. The number of thiophene rings is 1. The standard InChI is InChI=1S/C12H17N4OS/c17-11(12-2-1-3-18-12)4-16-8-13-5-14(9-16)7-15(6-13)10-16/h1-3H,4-10H2/q+1. The first-order chi connectivity index (χ1) is 8.72. The minimum Gasteiger partial charge on any atom is -0.287 e. The smallest absolute Gasteiger partial charge is 0.226 e. The predicted molar refractivity (Wildman–Crippen MR) is 68.5 cm³/mol. The van der Waals surface area contributed by atoms with E-state index in [0.29, 0.717) is 12.3 Å². The number of nitrogens with zero attached hydrogens (tertiary/aromatic N) is 4. The number of ketones is 1. The van der Waals surface area contributed by atoms with Gasteiger partial charge in [-0.25, -0.2) is 14.7 Å². The van der Waals surface area contributed by atoms with Gasteiger partial charge in [-0.3, -0.25) is 9.28 Å². The summed E-state index contributed by atoms with van der Waals surface area (Å²) >= 11 is 1.56. The average molecular weight is 265 g/mol. The van der Waals surface area contributed by atoms with Crippen molar-refractivity contribution in [1.29, 1.82) is 0 Å². The summed E-state index contributed by atoms with van der Waals surface area (Å²) in [6.45, 7) is 6.96. The molecule has 0 atom stereocenters. The van der Waals surface area contributed by atoms with Gasteiger partial charge in [-0.2, -0.15) is 0 Å². The van der Waals surface area contributed by atoms with Crippen LogP contribution in [-0.2, 0) is 0 Å². The second-order valence-electron chi connectivity index (χ2n) is 5.76. The highest BCUT2D eigenvalue weighted by Crippen LogP contribution is 2.29. The summed E-state index contributed by atoms with van der Waals surface area (Å²) in [6, 6.07) is 3.90. The van der Waals surface area contributed by atoms with Crippen molar-refractivity contribution in [2.75, 3.05) is 46.6 Å². The van der Waals surface area contributed by atoms with Gasteiger partial charge in [0.05, 0.1) is 24.9 Å². The molecule has 4 bridgehead atoms. The van der Waals surface area contributed by atoms with Crippen molar-refractivity contribution in [1.82, 2.24) is 14.7 Å². The zero-order valence-electron chi connectivity index (χ0n) is 10.3. The number of Topliss-reactive ketones (excluding diaryl/α,β-unsaturated/α-hetero) is 1. The molecule has 4 aliphatic rings. The molecule has 0 saturated carbocycles. The van der Waals surface area contributed by atoms with E-state index in [0.717, 1.165) is 49.4 Å². The first-order valence-electron chi connectivity index (χ1n) is 6.31. The molecule has 6 heteroatoms. The van der Waals surface area contributed by atoms with Gasteiger partial charge in [0, 0.05) is 0 Å². The highest BCUT2D eigenvalue weighted by atomic mass is 32.1. The highest BCUT2D eigenvalue weighted by molar-refractivity contribution is 7.12. The number of rotatable bonds is 3. The van der Waals surface area contributed by atoms with Crippen LogP contribution < -0.4 is 0 Å². The second kappa shape index (κ2) is 3.85. The molecule has 1 aromatic rings. The van der Waals surface area contributed by atoms with Gasteiger partial charge in [0.25, 0.3) is 0 Å². The summed E-state index contributed by atoms with van der Waals surface area (Å²) in [5.41, 5.74) is 0. The number of carbonyl (C=O) groups excluding carboxylic acids is 1. The van der Waals surface area contributed by atoms with Crippen molar-refractivity contribution in [3.63, 3.8) is 0 Å². The SMILES string of the molecule is O=C(C[N+]12CN3CN(CN(C3)C1)C2)c1cccs1. The molecule has 5 heterocycles. The monoisotopic (exact) mass is 265 g/mol.